The highest BCUT2D eigenvalue weighted by molar-refractivity contribution is 5.94. The Bertz CT molecular complexity index is 697. The summed E-state index contributed by atoms with van der Waals surface area (Å²) in [6, 6.07) is 3.54. The number of rotatable bonds is 2. The van der Waals surface area contributed by atoms with Crippen LogP contribution in [0.2, 0.25) is 0 Å². The average Bonchev–Trinajstić information content (AvgIpc) is 2.92. The molecule has 0 radical (unpaired) electrons. The van der Waals surface area contributed by atoms with Crippen LogP contribution in [0.4, 0.5) is 0 Å². The maximum atomic E-state index is 13.6. The highest BCUT2D eigenvalue weighted by Crippen LogP contribution is 2.60. The van der Waals surface area contributed by atoms with Gasteiger partial charge in [-0.1, -0.05) is 0 Å². The first-order chi connectivity index (χ1) is 13.1. The molecule has 4 bridgehead atoms. The fourth-order valence-electron chi connectivity index (χ4n) is 6.71. The predicted octanol–water partition coefficient (Wildman–Crippen LogP) is 2.97. The monoisotopic (exact) mass is 367 g/mol. The third-order valence-electron chi connectivity index (χ3n) is 7.49. The summed E-state index contributed by atoms with van der Waals surface area (Å²) in [7, 11) is 0. The van der Waals surface area contributed by atoms with Gasteiger partial charge >= 0.3 is 0 Å². The van der Waals surface area contributed by atoms with Gasteiger partial charge in [-0.15, -0.1) is 0 Å². The maximum Gasteiger partial charge on any atom is 0.254 e. The summed E-state index contributed by atoms with van der Waals surface area (Å²) in [5.41, 5.74) is 0.616. The van der Waals surface area contributed by atoms with Crippen LogP contribution in [0.1, 0.15) is 55.3 Å². The minimum atomic E-state index is -0.0704. The zero-order valence-corrected chi connectivity index (χ0v) is 16.0. The lowest BCUT2D eigenvalue weighted by atomic mass is 9.49. The molecule has 5 aliphatic rings. The lowest BCUT2D eigenvalue weighted by Gasteiger charge is -2.56. The van der Waals surface area contributed by atoms with Crippen molar-refractivity contribution in [2.75, 3.05) is 26.2 Å². The van der Waals surface area contributed by atoms with Crippen molar-refractivity contribution in [1.82, 2.24) is 14.8 Å². The number of carbonyl (C=O) groups excluding carboxylic acids is 2. The molecule has 2 amide bonds. The first-order valence-electron chi connectivity index (χ1n) is 10.6. The van der Waals surface area contributed by atoms with Crippen molar-refractivity contribution in [3.63, 3.8) is 0 Å². The second-order valence-electron chi connectivity index (χ2n) is 9.37. The summed E-state index contributed by atoms with van der Waals surface area (Å²) in [4.78, 5) is 34.3. The molecule has 1 saturated heterocycles. The van der Waals surface area contributed by atoms with Crippen LogP contribution >= 0.6 is 0 Å². The molecule has 0 atom stereocenters. The van der Waals surface area contributed by atoms with Gasteiger partial charge in [0.25, 0.3) is 5.91 Å². The lowest BCUT2D eigenvalue weighted by Crippen LogP contribution is -2.55. The molecule has 5 heteroatoms. The van der Waals surface area contributed by atoms with Gasteiger partial charge in [-0.2, -0.15) is 0 Å². The largest absolute Gasteiger partial charge is 0.340 e. The van der Waals surface area contributed by atoms with Crippen LogP contribution in [0.3, 0.4) is 0 Å². The molecule has 0 unspecified atom stereocenters. The second kappa shape index (κ2) is 6.61. The zero-order chi connectivity index (χ0) is 18.4. The second-order valence-corrected chi connectivity index (χ2v) is 9.37. The fourth-order valence-corrected chi connectivity index (χ4v) is 6.71. The summed E-state index contributed by atoms with van der Waals surface area (Å²) in [6.45, 7) is 2.84. The Labute approximate surface area is 161 Å². The number of aromatic nitrogens is 1. The first-order valence-corrected chi connectivity index (χ1v) is 10.6. The van der Waals surface area contributed by atoms with Crippen molar-refractivity contribution in [3.8, 4) is 0 Å². The van der Waals surface area contributed by atoms with Crippen LogP contribution in [0.5, 0.6) is 0 Å². The lowest BCUT2D eigenvalue weighted by molar-refractivity contribution is -0.157. The van der Waals surface area contributed by atoms with E-state index < -0.39 is 0 Å². The topological polar surface area (TPSA) is 53.5 Å². The van der Waals surface area contributed by atoms with Gasteiger partial charge in [-0.05, 0) is 74.8 Å². The van der Waals surface area contributed by atoms with Gasteiger partial charge in [0.15, 0.2) is 0 Å². The molecular formula is C22H29N3O2. The van der Waals surface area contributed by atoms with Crippen LogP contribution in [0.15, 0.2) is 24.5 Å². The Kier molecular flexibility index (Phi) is 4.21. The summed E-state index contributed by atoms with van der Waals surface area (Å²) in [5.74, 6) is 2.83. The SMILES string of the molecule is O=C(c1ccncc1)N1CCCN(C(=O)C23CC4CC(CC(C4)C2)C3)CC1. The summed E-state index contributed by atoms with van der Waals surface area (Å²) < 4.78 is 0. The van der Waals surface area contributed by atoms with Crippen LogP contribution in [-0.2, 0) is 4.79 Å². The van der Waals surface area contributed by atoms with E-state index in [1.807, 2.05) is 4.90 Å². The van der Waals surface area contributed by atoms with E-state index in [-0.39, 0.29) is 11.3 Å². The van der Waals surface area contributed by atoms with Crippen molar-refractivity contribution >= 4 is 11.8 Å². The normalized spacial score (nSPS) is 35.2. The van der Waals surface area contributed by atoms with Crippen molar-refractivity contribution in [2.45, 2.75) is 44.9 Å². The quantitative estimate of drug-likeness (QED) is 0.807. The molecule has 4 aliphatic carbocycles. The van der Waals surface area contributed by atoms with Crippen molar-refractivity contribution in [2.24, 2.45) is 23.2 Å². The smallest absolute Gasteiger partial charge is 0.254 e. The van der Waals surface area contributed by atoms with Crippen LogP contribution in [0, 0.1) is 23.2 Å². The maximum absolute atomic E-state index is 13.6. The number of hydrogen-bond acceptors (Lipinski definition) is 3. The molecule has 27 heavy (non-hydrogen) atoms. The van der Waals surface area contributed by atoms with Crippen LogP contribution < -0.4 is 0 Å². The van der Waals surface area contributed by atoms with E-state index in [1.54, 1.807) is 24.5 Å². The number of amides is 2. The molecule has 0 aromatic carbocycles. The molecule has 1 aliphatic heterocycles. The molecule has 5 nitrogen and oxygen atoms in total. The number of hydrogen-bond donors (Lipinski definition) is 0. The van der Waals surface area contributed by atoms with E-state index in [9.17, 15) is 9.59 Å². The Hall–Kier alpha value is -1.91. The number of carbonyl (C=O) groups is 2. The van der Waals surface area contributed by atoms with Gasteiger partial charge in [-0.25, -0.2) is 0 Å². The van der Waals surface area contributed by atoms with Gasteiger partial charge in [0.2, 0.25) is 5.91 Å². The minimum absolute atomic E-state index is 0.0569. The summed E-state index contributed by atoms with van der Waals surface area (Å²) in [5, 5.41) is 0. The Balaban J connectivity index is 1.27. The first kappa shape index (κ1) is 17.2. The standard InChI is InChI=1S/C22H29N3O2/c26-20(19-2-4-23-5-3-19)24-6-1-7-25(9-8-24)21(27)22-13-16-10-17(14-22)12-18(11-16)15-22/h2-5,16-18H,1,6-15H2. The van der Waals surface area contributed by atoms with E-state index >= 15 is 0 Å². The van der Waals surface area contributed by atoms with Gasteiger partial charge in [0.05, 0.1) is 5.41 Å². The van der Waals surface area contributed by atoms with E-state index in [0.29, 0.717) is 24.6 Å². The number of pyridine rings is 1. The van der Waals surface area contributed by atoms with Gasteiger partial charge in [0, 0.05) is 44.1 Å². The third-order valence-corrected chi connectivity index (χ3v) is 7.49. The van der Waals surface area contributed by atoms with Gasteiger partial charge in [0.1, 0.15) is 0 Å². The van der Waals surface area contributed by atoms with E-state index in [2.05, 4.69) is 9.88 Å². The van der Waals surface area contributed by atoms with Crippen molar-refractivity contribution in [1.29, 1.82) is 0 Å². The predicted molar refractivity (Wildman–Crippen MR) is 102 cm³/mol. The zero-order valence-electron chi connectivity index (χ0n) is 16.0. The molecule has 0 N–H and O–H groups in total. The Morgan fingerprint density at radius 2 is 1.41 bits per heavy atom. The fraction of sp³-hybridized carbons (Fsp3) is 0.682. The Morgan fingerprint density at radius 1 is 0.852 bits per heavy atom. The molecule has 4 saturated carbocycles. The Morgan fingerprint density at radius 3 is 2.04 bits per heavy atom. The highest BCUT2D eigenvalue weighted by Gasteiger charge is 2.55. The molecule has 144 valence electrons. The summed E-state index contributed by atoms with van der Waals surface area (Å²) >= 11 is 0. The molecule has 5 fully saturated rings. The summed E-state index contributed by atoms with van der Waals surface area (Å²) in [6.07, 6.45) is 11.6. The average molecular weight is 367 g/mol. The van der Waals surface area contributed by atoms with E-state index in [4.69, 9.17) is 0 Å². The molecule has 1 aromatic rings. The minimum Gasteiger partial charge on any atom is -0.340 e. The molecule has 1 aromatic heterocycles. The van der Waals surface area contributed by atoms with Crippen LogP contribution in [0.25, 0.3) is 0 Å². The highest BCUT2D eigenvalue weighted by atomic mass is 16.2. The molecule has 2 heterocycles. The van der Waals surface area contributed by atoms with E-state index in [1.165, 1.54) is 19.3 Å². The molecular weight excluding hydrogens is 338 g/mol. The van der Waals surface area contributed by atoms with Gasteiger partial charge < -0.3 is 9.80 Å². The third kappa shape index (κ3) is 3.05. The molecule has 0 spiro atoms. The van der Waals surface area contributed by atoms with Crippen LogP contribution in [-0.4, -0.2) is 52.8 Å². The van der Waals surface area contributed by atoms with Gasteiger partial charge in [-0.3, -0.25) is 14.6 Å². The molecule has 6 rings (SSSR count). The number of nitrogens with zero attached hydrogens (tertiary/aromatic N) is 3. The van der Waals surface area contributed by atoms with Crippen molar-refractivity contribution < 1.29 is 9.59 Å². The van der Waals surface area contributed by atoms with Crippen molar-refractivity contribution in [3.05, 3.63) is 30.1 Å². The van der Waals surface area contributed by atoms with E-state index in [0.717, 1.165) is 56.5 Å².